The predicted octanol–water partition coefficient (Wildman–Crippen LogP) is 3.64. The molecule has 0 bridgehead atoms. The lowest BCUT2D eigenvalue weighted by Crippen LogP contribution is -2.44. The topological polar surface area (TPSA) is 80.8 Å². The van der Waals surface area contributed by atoms with Crippen molar-refractivity contribution in [2.24, 2.45) is 11.8 Å². The lowest BCUT2D eigenvalue weighted by Gasteiger charge is -2.21. The van der Waals surface area contributed by atoms with Gasteiger partial charge in [0.25, 0.3) is 0 Å². The predicted molar refractivity (Wildman–Crippen MR) is 114 cm³/mol. The maximum absolute atomic E-state index is 12.6. The van der Waals surface area contributed by atoms with Crippen LogP contribution in [0.15, 0.2) is 54.6 Å². The molecule has 1 saturated heterocycles. The van der Waals surface area contributed by atoms with Gasteiger partial charge in [0, 0.05) is 5.56 Å². The number of carbonyl (C=O) groups is 4. The molecule has 2 amide bonds. The molecule has 1 heterocycles. The van der Waals surface area contributed by atoms with E-state index in [4.69, 9.17) is 4.74 Å². The van der Waals surface area contributed by atoms with E-state index in [1.54, 1.807) is 12.1 Å². The van der Waals surface area contributed by atoms with E-state index in [9.17, 15) is 19.2 Å². The number of esters is 1. The highest BCUT2D eigenvalue weighted by Gasteiger charge is 2.51. The molecule has 6 heteroatoms. The monoisotopic (exact) mass is 419 g/mol. The summed E-state index contributed by atoms with van der Waals surface area (Å²) in [7, 11) is 0. The lowest BCUT2D eigenvalue weighted by molar-refractivity contribution is -0.157. The van der Waals surface area contributed by atoms with Crippen molar-refractivity contribution in [2.75, 3.05) is 6.61 Å². The summed E-state index contributed by atoms with van der Waals surface area (Å²) in [5, 5.41) is 0. The average Bonchev–Trinajstić information content (AvgIpc) is 3.07. The molecule has 0 unspecified atom stereocenters. The summed E-state index contributed by atoms with van der Waals surface area (Å²) in [6, 6.07) is 15.8. The second-order valence-electron chi connectivity index (χ2n) is 8.19. The van der Waals surface area contributed by atoms with Crippen LogP contribution in [0, 0.1) is 11.8 Å². The van der Waals surface area contributed by atoms with Crippen molar-refractivity contribution >= 4 is 23.6 Å². The summed E-state index contributed by atoms with van der Waals surface area (Å²) in [5.74, 6) is -2.30. The number of hydrogen-bond acceptors (Lipinski definition) is 5. The molecular weight excluding hydrogens is 394 g/mol. The standard InChI is InChI=1S/C25H25NO5/c1-16(26-23(28)20-9-5-6-10-21(20)24(26)29)25(30)31-15-22(27)19-13-11-18(12-14-19)17-7-3-2-4-8-17/h2-4,7-8,11-14,16,20-21H,5-6,9-10,15H2,1H3/t16-,20+,21+/m0/s1. The summed E-state index contributed by atoms with van der Waals surface area (Å²) in [5.41, 5.74) is 2.46. The van der Waals surface area contributed by atoms with Gasteiger partial charge in [-0.25, -0.2) is 4.79 Å². The number of amides is 2. The van der Waals surface area contributed by atoms with E-state index in [0.29, 0.717) is 18.4 Å². The van der Waals surface area contributed by atoms with Crippen molar-refractivity contribution in [3.05, 3.63) is 60.2 Å². The van der Waals surface area contributed by atoms with Gasteiger partial charge >= 0.3 is 5.97 Å². The van der Waals surface area contributed by atoms with Gasteiger partial charge in [0.15, 0.2) is 12.4 Å². The van der Waals surface area contributed by atoms with E-state index >= 15 is 0 Å². The number of likely N-dealkylation sites (tertiary alicyclic amines) is 1. The summed E-state index contributed by atoms with van der Waals surface area (Å²) in [6.07, 6.45) is 3.21. The van der Waals surface area contributed by atoms with E-state index in [-0.39, 0.29) is 29.4 Å². The van der Waals surface area contributed by atoms with Crippen LogP contribution in [0.25, 0.3) is 11.1 Å². The lowest BCUT2D eigenvalue weighted by atomic mass is 9.81. The molecule has 1 saturated carbocycles. The Morgan fingerprint density at radius 1 is 0.903 bits per heavy atom. The van der Waals surface area contributed by atoms with Gasteiger partial charge < -0.3 is 4.74 Å². The van der Waals surface area contributed by atoms with Gasteiger partial charge in [-0.15, -0.1) is 0 Å². The average molecular weight is 419 g/mol. The first kappa shape index (κ1) is 21.0. The number of benzene rings is 2. The Morgan fingerprint density at radius 2 is 1.45 bits per heavy atom. The van der Waals surface area contributed by atoms with Crippen LogP contribution in [-0.2, 0) is 19.1 Å². The molecule has 2 fully saturated rings. The Bertz CT molecular complexity index is 974. The van der Waals surface area contributed by atoms with Gasteiger partial charge in [0.1, 0.15) is 6.04 Å². The van der Waals surface area contributed by atoms with Crippen molar-refractivity contribution in [3.63, 3.8) is 0 Å². The molecule has 160 valence electrons. The molecule has 6 nitrogen and oxygen atoms in total. The molecule has 0 spiro atoms. The number of imide groups is 1. The quantitative estimate of drug-likeness (QED) is 0.406. The van der Waals surface area contributed by atoms with Gasteiger partial charge in [-0.05, 0) is 30.9 Å². The second-order valence-corrected chi connectivity index (χ2v) is 8.19. The minimum absolute atomic E-state index is 0.290. The van der Waals surface area contributed by atoms with Crippen molar-refractivity contribution < 1.29 is 23.9 Å². The number of nitrogens with zero attached hydrogens (tertiary/aromatic N) is 1. The maximum atomic E-state index is 12.6. The molecule has 0 N–H and O–H groups in total. The number of ether oxygens (including phenoxy) is 1. The molecule has 2 aromatic carbocycles. The number of carbonyl (C=O) groups excluding carboxylic acids is 4. The fraction of sp³-hybridized carbons (Fsp3) is 0.360. The van der Waals surface area contributed by atoms with Crippen molar-refractivity contribution in [1.82, 2.24) is 4.90 Å². The molecule has 2 aromatic rings. The number of fused-ring (bicyclic) bond motifs is 1. The van der Waals surface area contributed by atoms with Crippen LogP contribution < -0.4 is 0 Å². The Balaban J connectivity index is 1.35. The minimum Gasteiger partial charge on any atom is -0.456 e. The molecule has 3 atom stereocenters. The molecule has 1 aliphatic heterocycles. The van der Waals surface area contributed by atoms with E-state index in [0.717, 1.165) is 28.9 Å². The van der Waals surface area contributed by atoms with E-state index in [1.807, 2.05) is 42.5 Å². The van der Waals surface area contributed by atoms with Crippen molar-refractivity contribution in [3.8, 4) is 11.1 Å². The van der Waals surface area contributed by atoms with Gasteiger partial charge in [-0.2, -0.15) is 0 Å². The van der Waals surface area contributed by atoms with Crippen LogP contribution in [0.4, 0.5) is 0 Å². The summed E-state index contributed by atoms with van der Waals surface area (Å²) in [6.45, 7) is 1.05. The van der Waals surface area contributed by atoms with Crippen LogP contribution in [0.5, 0.6) is 0 Å². The van der Waals surface area contributed by atoms with Crippen LogP contribution in [-0.4, -0.2) is 41.1 Å². The van der Waals surface area contributed by atoms with Crippen LogP contribution in [0.3, 0.4) is 0 Å². The zero-order valence-electron chi connectivity index (χ0n) is 17.5. The highest BCUT2D eigenvalue weighted by Crippen LogP contribution is 2.38. The third kappa shape index (κ3) is 4.15. The fourth-order valence-electron chi connectivity index (χ4n) is 4.49. The van der Waals surface area contributed by atoms with Gasteiger partial charge in [0.2, 0.25) is 11.8 Å². The first-order chi connectivity index (χ1) is 15.0. The number of ketones is 1. The zero-order chi connectivity index (χ0) is 22.0. The molecule has 0 radical (unpaired) electrons. The largest absolute Gasteiger partial charge is 0.456 e. The molecule has 4 rings (SSSR count). The van der Waals surface area contributed by atoms with Gasteiger partial charge in [0.05, 0.1) is 11.8 Å². The fourth-order valence-corrected chi connectivity index (χ4v) is 4.49. The van der Waals surface area contributed by atoms with Crippen molar-refractivity contribution in [1.29, 1.82) is 0 Å². The summed E-state index contributed by atoms with van der Waals surface area (Å²) < 4.78 is 5.16. The highest BCUT2D eigenvalue weighted by molar-refractivity contribution is 6.08. The number of hydrogen-bond donors (Lipinski definition) is 0. The van der Waals surface area contributed by atoms with Crippen molar-refractivity contribution in [2.45, 2.75) is 38.6 Å². The second kappa shape index (κ2) is 8.84. The molecule has 0 aromatic heterocycles. The first-order valence-electron chi connectivity index (χ1n) is 10.7. The normalized spacial score (nSPS) is 21.5. The summed E-state index contributed by atoms with van der Waals surface area (Å²) >= 11 is 0. The Kier molecular flexibility index (Phi) is 5.98. The maximum Gasteiger partial charge on any atom is 0.329 e. The van der Waals surface area contributed by atoms with E-state index < -0.39 is 18.6 Å². The van der Waals surface area contributed by atoms with Gasteiger partial charge in [-0.1, -0.05) is 67.4 Å². The van der Waals surface area contributed by atoms with Crippen LogP contribution in [0.1, 0.15) is 43.0 Å². The SMILES string of the molecule is C[C@@H](C(=O)OCC(=O)c1ccc(-c2ccccc2)cc1)N1C(=O)[C@@H]2CCCC[C@H]2C1=O. The Labute approximate surface area is 181 Å². The third-order valence-corrected chi connectivity index (χ3v) is 6.26. The molecule has 2 aliphatic rings. The molecule has 31 heavy (non-hydrogen) atoms. The van der Waals surface area contributed by atoms with E-state index in [2.05, 4.69) is 0 Å². The summed E-state index contributed by atoms with van der Waals surface area (Å²) in [4.78, 5) is 51.2. The number of rotatable bonds is 6. The minimum atomic E-state index is -1.03. The molecule has 1 aliphatic carbocycles. The smallest absolute Gasteiger partial charge is 0.329 e. The number of Topliss-reactive ketones (excluding diaryl/α,β-unsaturated/α-hetero) is 1. The van der Waals surface area contributed by atoms with Crippen LogP contribution in [0.2, 0.25) is 0 Å². The highest BCUT2D eigenvalue weighted by atomic mass is 16.5. The van der Waals surface area contributed by atoms with Crippen LogP contribution >= 0.6 is 0 Å². The van der Waals surface area contributed by atoms with E-state index in [1.165, 1.54) is 6.92 Å². The third-order valence-electron chi connectivity index (χ3n) is 6.26. The molecular formula is C25H25NO5. The Hall–Kier alpha value is -3.28. The van der Waals surface area contributed by atoms with Gasteiger partial charge in [-0.3, -0.25) is 19.3 Å². The Morgan fingerprint density at radius 3 is 2.03 bits per heavy atom. The first-order valence-corrected chi connectivity index (χ1v) is 10.7. The zero-order valence-corrected chi connectivity index (χ0v) is 17.5.